The van der Waals surface area contributed by atoms with E-state index in [-0.39, 0.29) is 61.1 Å². The predicted octanol–water partition coefficient (Wildman–Crippen LogP) is 3.48. The van der Waals surface area contributed by atoms with Gasteiger partial charge in [-0.25, -0.2) is 0 Å². The van der Waals surface area contributed by atoms with E-state index >= 15 is 0 Å². The first kappa shape index (κ1) is 25.5. The van der Waals surface area contributed by atoms with Crippen LogP contribution < -0.4 is 21.3 Å². The van der Waals surface area contributed by atoms with Crippen molar-refractivity contribution in [3.63, 3.8) is 0 Å². The molecule has 0 aromatic heterocycles. The van der Waals surface area contributed by atoms with Gasteiger partial charge in [-0.2, -0.15) is 0 Å². The monoisotopic (exact) mass is 444 g/mol. The topological polar surface area (TPSA) is 87.5 Å². The van der Waals surface area contributed by atoms with Crippen molar-refractivity contribution in [3.05, 3.63) is 24.3 Å². The summed E-state index contributed by atoms with van der Waals surface area (Å²) in [5.74, 6) is 0.187. The highest BCUT2D eigenvalue weighted by Crippen LogP contribution is 2.27. The van der Waals surface area contributed by atoms with E-state index in [0.717, 1.165) is 43.7 Å². The van der Waals surface area contributed by atoms with Gasteiger partial charge in [-0.05, 0) is 56.7 Å². The van der Waals surface area contributed by atoms with E-state index in [0.29, 0.717) is 6.42 Å². The number of carbonyl (C=O) groups excluding carboxylic acids is 2. The van der Waals surface area contributed by atoms with Crippen LogP contribution >= 0.6 is 24.8 Å². The Morgan fingerprint density at radius 2 is 1.86 bits per heavy atom. The maximum Gasteiger partial charge on any atom is 0.226 e. The van der Waals surface area contributed by atoms with Crippen LogP contribution in [0.4, 0.5) is 11.4 Å². The number of amides is 2. The fraction of sp³-hybridized carbons (Fsp3) is 0.619. The SMILES string of the molecule is CC(CC(=O)Nc1cccc(N2CCCC2)c1)NC(=O)C[C@@H]1CCC[C@H]1N.Cl.Cl. The minimum Gasteiger partial charge on any atom is -0.371 e. The summed E-state index contributed by atoms with van der Waals surface area (Å²) in [5, 5.41) is 5.89. The number of nitrogens with zero attached hydrogens (tertiary/aromatic N) is 1. The third-order valence-electron chi connectivity index (χ3n) is 5.67. The van der Waals surface area contributed by atoms with Gasteiger partial charge >= 0.3 is 0 Å². The molecular weight excluding hydrogens is 411 g/mol. The highest BCUT2D eigenvalue weighted by molar-refractivity contribution is 5.92. The molecule has 1 aliphatic heterocycles. The Morgan fingerprint density at radius 1 is 1.14 bits per heavy atom. The summed E-state index contributed by atoms with van der Waals surface area (Å²) >= 11 is 0. The van der Waals surface area contributed by atoms with Crippen molar-refractivity contribution in [1.82, 2.24) is 5.32 Å². The maximum absolute atomic E-state index is 12.3. The lowest BCUT2D eigenvalue weighted by atomic mass is 9.99. The molecule has 1 aromatic rings. The fourth-order valence-electron chi connectivity index (χ4n) is 4.19. The van der Waals surface area contributed by atoms with E-state index in [1.165, 1.54) is 12.8 Å². The Bertz CT molecular complexity index is 668. The minimum absolute atomic E-state index is 0. The molecule has 6 nitrogen and oxygen atoms in total. The first-order chi connectivity index (χ1) is 13.0. The number of hydrogen-bond acceptors (Lipinski definition) is 4. The number of halogens is 2. The molecule has 1 unspecified atom stereocenters. The molecule has 1 saturated carbocycles. The Morgan fingerprint density at radius 3 is 2.52 bits per heavy atom. The van der Waals surface area contributed by atoms with Crippen LogP contribution in [0.1, 0.15) is 51.9 Å². The molecule has 2 amide bonds. The summed E-state index contributed by atoms with van der Waals surface area (Å²) < 4.78 is 0. The van der Waals surface area contributed by atoms with Gasteiger partial charge in [-0.3, -0.25) is 9.59 Å². The molecule has 1 saturated heterocycles. The number of carbonyl (C=O) groups is 2. The predicted molar refractivity (Wildman–Crippen MR) is 123 cm³/mol. The second-order valence-electron chi connectivity index (χ2n) is 8.02. The highest BCUT2D eigenvalue weighted by atomic mass is 35.5. The van der Waals surface area contributed by atoms with Crippen molar-refractivity contribution in [2.45, 2.75) is 64.0 Å². The summed E-state index contributed by atoms with van der Waals surface area (Å²) in [6.45, 7) is 4.02. The van der Waals surface area contributed by atoms with Gasteiger partial charge in [0.2, 0.25) is 11.8 Å². The van der Waals surface area contributed by atoms with Crippen LogP contribution in [0.5, 0.6) is 0 Å². The number of nitrogens with one attached hydrogen (secondary N) is 2. The summed E-state index contributed by atoms with van der Waals surface area (Å²) in [6, 6.07) is 7.92. The first-order valence-corrected chi connectivity index (χ1v) is 10.2. The Balaban J connectivity index is 0.00000210. The van der Waals surface area contributed by atoms with Crippen molar-refractivity contribution in [2.75, 3.05) is 23.3 Å². The van der Waals surface area contributed by atoms with Crippen LogP contribution in [0.25, 0.3) is 0 Å². The summed E-state index contributed by atoms with van der Waals surface area (Å²) in [4.78, 5) is 26.9. The molecule has 4 N–H and O–H groups in total. The lowest BCUT2D eigenvalue weighted by Crippen LogP contribution is -2.38. The zero-order chi connectivity index (χ0) is 19.2. The zero-order valence-electron chi connectivity index (χ0n) is 17.1. The molecule has 2 aliphatic rings. The summed E-state index contributed by atoms with van der Waals surface area (Å²) in [7, 11) is 0. The third-order valence-corrected chi connectivity index (χ3v) is 5.67. The second kappa shape index (κ2) is 12.3. The van der Waals surface area contributed by atoms with Gasteiger partial charge in [0.1, 0.15) is 0 Å². The average Bonchev–Trinajstić information content (AvgIpc) is 3.27. The highest BCUT2D eigenvalue weighted by Gasteiger charge is 2.26. The molecule has 29 heavy (non-hydrogen) atoms. The van der Waals surface area contributed by atoms with Crippen LogP contribution in [0, 0.1) is 5.92 Å². The Kier molecular flexibility index (Phi) is 10.8. The summed E-state index contributed by atoms with van der Waals surface area (Å²) in [6.07, 6.45) is 6.30. The van der Waals surface area contributed by atoms with Crippen molar-refractivity contribution in [3.8, 4) is 0 Å². The van der Waals surface area contributed by atoms with Crippen LogP contribution in [0.2, 0.25) is 0 Å². The number of rotatable bonds is 7. The van der Waals surface area contributed by atoms with E-state index in [1.54, 1.807) is 0 Å². The van der Waals surface area contributed by atoms with E-state index in [1.807, 2.05) is 25.1 Å². The molecule has 0 radical (unpaired) electrons. The van der Waals surface area contributed by atoms with Crippen molar-refractivity contribution < 1.29 is 9.59 Å². The quantitative estimate of drug-likeness (QED) is 0.600. The van der Waals surface area contributed by atoms with E-state index in [4.69, 9.17) is 5.73 Å². The standard InChI is InChI=1S/C21H32N4O2.2ClH/c1-15(23-21(27)13-16-6-4-9-19(16)22)12-20(26)24-17-7-5-8-18(14-17)25-10-2-3-11-25;;/h5,7-8,14-16,19H,2-4,6,9-13,22H2,1H3,(H,23,27)(H,24,26);2*1H/t15?,16-,19+;;/m0../s1. The number of nitrogens with two attached hydrogens (primary N) is 1. The largest absolute Gasteiger partial charge is 0.371 e. The molecule has 3 rings (SSSR count). The molecule has 1 aliphatic carbocycles. The van der Waals surface area contributed by atoms with Gasteiger partial charge in [0, 0.05) is 49.4 Å². The molecule has 2 fully saturated rings. The van der Waals surface area contributed by atoms with Gasteiger partial charge in [0.25, 0.3) is 0 Å². The van der Waals surface area contributed by atoms with Crippen LogP contribution in [0.3, 0.4) is 0 Å². The minimum atomic E-state index is -0.197. The van der Waals surface area contributed by atoms with Gasteiger partial charge in [0.15, 0.2) is 0 Å². The van der Waals surface area contributed by atoms with E-state index in [2.05, 4.69) is 21.6 Å². The van der Waals surface area contributed by atoms with Crippen molar-refractivity contribution >= 4 is 48.0 Å². The lowest BCUT2D eigenvalue weighted by Gasteiger charge is -2.19. The fourth-order valence-corrected chi connectivity index (χ4v) is 4.19. The summed E-state index contributed by atoms with van der Waals surface area (Å²) in [5.41, 5.74) is 7.99. The molecular formula is C21H34Cl2N4O2. The van der Waals surface area contributed by atoms with Crippen LogP contribution in [0.15, 0.2) is 24.3 Å². The molecule has 3 atom stereocenters. The number of benzene rings is 1. The molecule has 0 spiro atoms. The maximum atomic E-state index is 12.3. The number of anilines is 2. The van der Waals surface area contributed by atoms with Crippen LogP contribution in [-0.4, -0.2) is 37.0 Å². The van der Waals surface area contributed by atoms with Crippen molar-refractivity contribution in [2.24, 2.45) is 11.7 Å². The molecule has 164 valence electrons. The normalized spacial score (nSPS) is 21.7. The zero-order valence-corrected chi connectivity index (χ0v) is 18.7. The average molecular weight is 445 g/mol. The van der Waals surface area contributed by atoms with E-state index < -0.39 is 0 Å². The van der Waals surface area contributed by atoms with Gasteiger partial charge in [-0.1, -0.05) is 12.5 Å². The third kappa shape index (κ3) is 7.68. The van der Waals surface area contributed by atoms with Gasteiger partial charge in [0.05, 0.1) is 0 Å². The first-order valence-electron chi connectivity index (χ1n) is 10.2. The van der Waals surface area contributed by atoms with Gasteiger partial charge < -0.3 is 21.3 Å². The number of hydrogen-bond donors (Lipinski definition) is 3. The van der Waals surface area contributed by atoms with Crippen LogP contribution in [-0.2, 0) is 9.59 Å². The molecule has 8 heteroatoms. The lowest BCUT2D eigenvalue weighted by molar-refractivity contribution is -0.123. The Hall–Kier alpha value is -1.50. The van der Waals surface area contributed by atoms with Gasteiger partial charge in [-0.15, -0.1) is 24.8 Å². The van der Waals surface area contributed by atoms with Crippen molar-refractivity contribution in [1.29, 1.82) is 0 Å². The molecule has 1 aromatic carbocycles. The smallest absolute Gasteiger partial charge is 0.226 e. The second-order valence-corrected chi connectivity index (χ2v) is 8.02. The van der Waals surface area contributed by atoms with E-state index in [9.17, 15) is 9.59 Å². The Labute approximate surface area is 186 Å². The molecule has 1 heterocycles. The molecule has 0 bridgehead atoms.